The lowest BCUT2D eigenvalue weighted by Gasteiger charge is -2.31. The first-order valence-corrected chi connectivity index (χ1v) is 5.30. The molecule has 0 radical (unpaired) electrons. The minimum absolute atomic E-state index is 0.354. The standard InChI is InChI=1S/C10H17N5/c1-12-9-6-10(14-7-13-9)15-4-2-8(11)3-5-15/h6-8H,2-5,11H2,1H3,(H,12,13,14). The van der Waals surface area contributed by atoms with Crippen LogP contribution >= 0.6 is 0 Å². The van der Waals surface area contributed by atoms with Gasteiger partial charge in [-0.05, 0) is 12.8 Å². The van der Waals surface area contributed by atoms with Gasteiger partial charge in [-0.1, -0.05) is 0 Å². The molecule has 3 N–H and O–H groups in total. The summed E-state index contributed by atoms with van der Waals surface area (Å²) in [7, 11) is 1.86. The van der Waals surface area contributed by atoms with Gasteiger partial charge in [0, 0.05) is 32.2 Å². The van der Waals surface area contributed by atoms with E-state index in [-0.39, 0.29) is 0 Å². The maximum absolute atomic E-state index is 5.86. The molecule has 0 bridgehead atoms. The van der Waals surface area contributed by atoms with E-state index >= 15 is 0 Å². The Balaban J connectivity index is 2.08. The molecule has 5 heteroatoms. The Bertz CT molecular complexity index is 319. The van der Waals surface area contributed by atoms with Gasteiger partial charge in [0.2, 0.25) is 0 Å². The average Bonchev–Trinajstić information content (AvgIpc) is 2.30. The number of rotatable bonds is 2. The molecule has 0 aromatic carbocycles. The molecule has 1 aromatic heterocycles. The van der Waals surface area contributed by atoms with Crippen LogP contribution in [0.1, 0.15) is 12.8 Å². The predicted molar refractivity (Wildman–Crippen MR) is 61.0 cm³/mol. The third kappa shape index (κ3) is 2.36. The van der Waals surface area contributed by atoms with Gasteiger partial charge in [-0.2, -0.15) is 0 Å². The van der Waals surface area contributed by atoms with Crippen LogP contribution in [0.25, 0.3) is 0 Å². The molecule has 0 atom stereocenters. The first kappa shape index (κ1) is 10.2. The largest absolute Gasteiger partial charge is 0.373 e. The number of hydrogen-bond donors (Lipinski definition) is 2. The smallest absolute Gasteiger partial charge is 0.134 e. The summed E-state index contributed by atoms with van der Waals surface area (Å²) < 4.78 is 0. The molecule has 0 unspecified atom stereocenters. The number of aromatic nitrogens is 2. The van der Waals surface area contributed by atoms with Crippen molar-refractivity contribution in [3.8, 4) is 0 Å². The third-order valence-electron chi connectivity index (χ3n) is 2.77. The van der Waals surface area contributed by atoms with E-state index in [0.29, 0.717) is 6.04 Å². The second kappa shape index (κ2) is 4.44. The molecule has 82 valence electrons. The van der Waals surface area contributed by atoms with E-state index in [1.54, 1.807) is 6.33 Å². The first-order valence-electron chi connectivity index (χ1n) is 5.30. The lowest BCUT2D eigenvalue weighted by molar-refractivity contribution is 0.498. The van der Waals surface area contributed by atoms with Gasteiger partial charge in [0.15, 0.2) is 0 Å². The molecule has 5 nitrogen and oxygen atoms in total. The molecule has 1 aromatic rings. The van der Waals surface area contributed by atoms with E-state index in [4.69, 9.17) is 5.73 Å². The summed E-state index contributed by atoms with van der Waals surface area (Å²) in [6, 6.07) is 2.32. The van der Waals surface area contributed by atoms with Crippen molar-refractivity contribution >= 4 is 11.6 Å². The van der Waals surface area contributed by atoms with Crippen LogP contribution in [0.4, 0.5) is 11.6 Å². The Kier molecular flexibility index (Phi) is 3.01. The summed E-state index contributed by atoms with van der Waals surface area (Å²) in [6.45, 7) is 1.97. The monoisotopic (exact) mass is 207 g/mol. The van der Waals surface area contributed by atoms with Crippen molar-refractivity contribution in [2.24, 2.45) is 5.73 Å². The van der Waals surface area contributed by atoms with Gasteiger partial charge in [0.05, 0.1) is 0 Å². The fraction of sp³-hybridized carbons (Fsp3) is 0.600. The van der Waals surface area contributed by atoms with Crippen LogP contribution in [0.15, 0.2) is 12.4 Å². The summed E-state index contributed by atoms with van der Waals surface area (Å²) in [5.41, 5.74) is 5.86. The molecule has 1 saturated heterocycles. The van der Waals surface area contributed by atoms with Gasteiger partial charge < -0.3 is 16.0 Å². The lowest BCUT2D eigenvalue weighted by atomic mass is 10.1. The molecule has 0 aliphatic carbocycles. The van der Waals surface area contributed by atoms with Gasteiger partial charge in [0.25, 0.3) is 0 Å². The molecule has 0 spiro atoms. The third-order valence-corrected chi connectivity index (χ3v) is 2.77. The van der Waals surface area contributed by atoms with Crippen molar-refractivity contribution in [3.05, 3.63) is 12.4 Å². The number of piperidine rings is 1. The van der Waals surface area contributed by atoms with E-state index in [0.717, 1.165) is 37.6 Å². The normalized spacial score (nSPS) is 17.9. The second-order valence-corrected chi connectivity index (χ2v) is 3.84. The number of hydrogen-bond acceptors (Lipinski definition) is 5. The second-order valence-electron chi connectivity index (χ2n) is 3.84. The Hall–Kier alpha value is -1.36. The zero-order valence-electron chi connectivity index (χ0n) is 8.98. The predicted octanol–water partition coefficient (Wildman–Crippen LogP) is 0.446. The molecular formula is C10H17N5. The molecule has 0 saturated carbocycles. The van der Waals surface area contributed by atoms with Gasteiger partial charge in [-0.3, -0.25) is 0 Å². The van der Waals surface area contributed by atoms with Crippen LogP contribution in [-0.4, -0.2) is 36.1 Å². The number of nitrogens with two attached hydrogens (primary N) is 1. The van der Waals surface area contributed by atoms with Gasteiger partial charge in [-0.15, -0.1) is 0 Å². The average molecular weight is 207 g/mol. The molecular weight excluding hydrogens is 190 g/mol. The Morgan fingerprint density at radius 3 is 2.80 bits per heavy atom. The van der Waals surface area contributed by atoms with Crippen molar-refractivity contribution in [1.82, 2.24) is 9.97 Å². The molecule has 0 amide bonds. The zero-order valence-corrected chi connectivity index (χ0v) is 8.98. The lowest BCUT2D eigenvalue weighted by Crippen LogP contribution is -2.40. The maximum atomic E-state index is 5.86. The fourth-order valence-electron chi connectivity index (χ4n) is 1.79. The molecule has 1 fully saturated rings. The van der Waals surface area contributed by atoms with Crippen molar-refractivity contribution in [1.29, 1.82) is 0 Å². The van der Waals surface area contributed by atoms with Crippen molar-refractivity contribution in [3.63, 3.8) is 0 Å². The molecule has 15 heavy (non-hydrogen) atoms. The van der Waals surface area contributed by atoms with Crippen molar-refractivity contribution in [2.75, 3.05) is 30.4 Å². The highest BCUT2D eigenvalue weighted by Crippen LogP contribution is 2.18. The Morgan fingerprint density at radius 1 is 1.40 bits per heavy atom. The summed E-state index contributed by atoms with van der Waals surface area (Å²) in [5, 5.41) is 3.01. The van der Waals surface area contributed by atoms with E-state index in [1.807, 2.05) is 13.1 Å². The Morgan fingerprint density at radius 2 is 2.13 bits per heavy atom. The van der Waals surface area contributed by atoms with E-state index in [2.05, 4.69) is 20.2 Å². The highest BCUT2D eigenvalue weighted by Gasteiger charge is 2.17. The number of nitrogens with one attached hydrogen (secondary N) is 1. The van der Waals surface area contributed by atoms with Crippen molar-refractivity contribution in [2.45, 2.75) is 18.9 Å². The topological polar surface area (TPSA) is 67.1 Å². The quantitative estimate of drug-likeness (QED) is 0.737. The SMILES string of the molecule is CNc1cc(N2CCC(N)CC2)ncn1. The van der Waals surface area contributed by atoms with Gasteiger partial charge in [-0.25, -0.2) is 9.97 Å². The highest BCUT2D eigenvalue weighted by atomic mass is 15.2. The maximum Gasteiger partial charge on any atom is 0.134 e. The van der Waals surface area contributed by atoms with E-state index in [1.165, 1.54) is 0 Å². The van der Waals surface area contributed by atoms with Crippen molar-refractivity contribution < 1.29 is 0 Å². The summed E-state index contributed by atoms with van der Waals surface area (Å²) in [5.74, 6) is 1.84. The number of anilines is 2. The Labute approximate surface area is 89.7 Å². The van der Waals surface area contributed by atoms with Crippen LogP contribution in [0.5, 0.6) is 0 Å². The fourth-order valence-corrected chi connectivity index (χ4v) is 1.79. The van der Waals surface area contributed by atoms with Gasteiger partial charge >= 0.3 is 0 Å². The van der Waals surface area contributed by atoms with Crippen LogP contribution in [0, 0.1) is 0 Å². The molecule has 1 aliphatic rings. The molecule has 1 aliphatic heterocycles. The number of nitrogens with zero attached hydrogens (tertiary/aromatic N) is 3. The zero-order chi connectivity index (χ0) is 10.7. The van der Waals surface area contributed by atoms with Gasteiger partial charge in [0.1, 0.15) is 18.0 Å². The van der Waals surface area contributed by atoms with Crippen LogP contribution in [0.2, 0.25) is 0 Å². The molecule has 2 heterocycles. The van der Waals surface area contributed by atoms with E-state index in [9.17, 15) is 0 Å². The summed E-state index contributed by atoms with van der Waals surface area (Å²) in [6.07, 6.45) is 3.67. The minimum atomic E-state index is 0.354. The highest BCUT2D eigenvalue weighted by molar-refractivity contribution is 5.48. The summed E-state index contributed by atoms with van der Waals surface area (Å²) >= 11 is 0. The van der Waals surface area contributed by atoms with Crippen LogP contribution in [-0.2, 0) is 0 Å². The van der Waals surface area contributed by atoms with Crippen LogP contribution in [0.3, 0.4) is 0 Å². The van der Waals surface area contributed by atoms with Crippen LogP contribution < -0.4 is 16.0 Å². The first-order chi connectivity index (χ1) is 7.29. The summed E-state index contributed by atoms with van der Waals surface area (Å²) in [4.78, 5) is 10.6. The molecule has 2 rings (SSSR count). The minimum Gasteiger partial charge on any atom is -0.373 e. The van der Waals surface area contributed by atoms with E-state index < -0.39 is 0 Å².